The maximum Gasteiger partial charge on any atom is 0.404 e. The van der Waals surface area contributed by atoms with E-state index in [4.69, 9.17) is 0 Å². The van der Waals surface area contributed by atoms with Gasteiger partial charge in [-0.05, 0) is 64.7 Å². The molecule has 234 valence electrons. The number of nitrogens with zero attached hydrogens (tertiary/aromatic N) is 1. The number of ether oxygens (including phenoxy) is 1. The third kappa shape index (κ3) is 11.4. The van der Waals surface area contributed by atoms with E-state index in [0.717, 1.165) is 28.3 Å². The Morgan fingerprint density at radius 2 is 1.72 bits per heavy atom. The van der Waals surface area contributed by atoms with E-state index < -0.39 is 21.7 Å². The molecule has 4 rings (SSSR count). The minimum absolute atomic E-state index is 0.0984. The average Bonchev–Trinajstić information content (AvgIpc) is 3.42. The number of primary amides is 1. The summed E-state index contributed by atoms with van der Waals surface area (Å²) in [6.07, 6.45) is 7.07. The molecular weight excluding hydrogens is 585 g/mol. The molecule has 0 radical (unpaired) electrons. The van der Waals surface area contributed by atoms with Crippen LogP contribution >= 0.6 is 11.3 Å². The zero-order valence-electron chi connectivity index (χ0n) is 25.7. The van der Waals surface area contributed by atoms with E-state index >= 15 is 0 Å². The van der Waals surface area contributed by atoms with Crippen molar-refractivity contribution in [1.82, 2.24) is 15.0 Å². The predicted octanol–water partition coefficient (Wildman–Crippen LogP) is 6.28. The molecule has 0 bridgehead atoms. The van der Waals surface area contributed by atoms with Crippen LogP contribution in [0.25, 0.3) is 10.4 Å². The Kier molecular flexibility index (Phi) is 12.3. The van der Waals surface area contributed by atoms with Crippen LogP contribution in [0.5, 0.6) is 0 Å². The number of carbonyl (C=O) groups is 2. The minimum atomic E-state index is -3.83. The van der Waals surface area contributed by atoms with E-state index in [0.29, 0.717) is 23.6 Å². The van der Waals surface area contributed by atoms with Crippen molar-refractivity contribution in [1.29, 1.82) is 0 Å². The quantitative estimate of drug-likeness (QED) is 0.255. The first kappa shape index (κ1) is 34.2. The number of hydrogen-bond donors (Lipinski definition) is 3. The molecule has 0 spiro atoms. The Hall–Kier alpha value is -3.28. The molecule has 9 nitrogen and oxygen atoms in total. The fourth-order valence-corrected chi connectivity index (χ4v) is 7.67. The molecule has 3 aromatic rings. The van der Waals surface area contributed by atoms with Gasteiger partial charge in [0.05, 0.1) is 27.3 Å². The van der Waals surface area contributed by atoms with Crippen molar-refractivity contribution in [3.05, 3.63) is 70.9 Å². The van der Waals surface area contributed by atoms with E-state index in [9.17, 15) is 18.0 Å². The molecule has 0 unspecified atom stereocenters. The van der Waals surface area contributed by atoms with Gasteiger partial charge in [0.1, 0.15) is 0 Å². The molecular formula is C32H44N4O5S2. The molecule has 1 aromatic heterocycles. The van der Waals surface area contributed by atoms with Crippen LogP contribution in [0, 0.1) is 0 Å². The molecule has 0 saturated heterocycles. The number of nitrogens with one attached hydrogen (secondary N) is 2. The molecule has 0 aliphatic heterocycles. The van der Waals surface area contributed by atoms with Gasteiger partial charge in [-0.2, -0.15) is 0 Å². The number of amides is 2. The van der Waals surface area contributed by atoms with Gasteiger partial charge in [0.2, 0.25) is 15.9 Å². The molecule has 1 fully saturated rings. The van der Waals surface area contributed by atoms with Crippen LogP contribution in [-0.2, 0) is 32.5 Å². The van der Waals surface area contributed by atoms with Gasteiger partial charge in [0.25, 0.3) is 0 Å². The van der Waals surface area contributed by atoms with Crippen molar-refractivity contribution in [3.63, 3.8) is 0 Å². The molecule has 1 aliphatic rings. The molecule has 2 amide bonds. The lowest BCUT2D eigenvalue weighted by Gasteiger charge is -2.22. The third-order valence-electron chi connectivity index (χ3n) is 6.57. The maximum atomic E-state index is 13.5. The minimum Gasteiger partial charge on any atom is -0.447 e. The number of sulfonamides is 1. The Balaban J connectivity index is 0.000000646. The van der Waals surface area contributed by atoms with Crippen LogP contribution in [-0.4, -0.2) is 37.0 Å². The SMILES string of the molecule is CC(C)(C)NS(=O)(=O)c1cc(CC(=O)NCc2ccccc2)ccc1-c1cnc(C2CCCCC2)s1.CC(C)OC(N)=O. The number of nitrogens with two attached hydrogens (primary N) is 1. The second-order valence-corrected chi connectivity index (χ2v) is 14.7. The van der Waals surface area contributed by atoms with Gasteiger partial charge >= 0.3 is 6.09 Å². The van der Waals surface area contributed by atoms with Crippen LogP contribution in [0.3, 0.4) is 0 Å². The van der Waals surface area contributed by atoms with Crippen LogP contribution in [0.4, 0.5) is 4.79 Å². The first-order chi connectivity index (χ1) is 20.2. The van der Waals surface area contributed by atoms with Gasteiger partial charge in [0, 0.05) is 29.8 Å². The van der Waals surface area contributed by atoms with Gasteiger partial charge in [0.15, 0.2) is 0 Å². The largest absolute Gasteiger partial charge is 0.447 e. The molecule has 1 saturated carbocycles. The molecule has 43 heavy (non-hydrogen) atoms. The van der Waals surface area contributed by atoms with Crippen molar-refractivity contribution < 1.29 is 22.7 Å². The average molecular weight is 629 g/mol. The smallest absolute Gasteiger partial charge is 0.404 e. The molecule has 1 aliphatic carbocycles. The highest BCUT2D eigenvalue weighted by Gasteiger charge is 2.27. The Morgan fingerprint density at radius 3 is 2.30 bits per heavy atom. The van der Waals surface area contributed by atoms with Crippen molar-refractivity contribution >= 4 is 33.4 Å². The van der Waals surface area contributed by atoms with Gasteiger partial charge in [-0.15, -0.1) is 11.3 Å². The monoisotopic (exact) mass is 628 g/mol. The number of carbonyl (C=O) groups excluding carboxylic acids is 2. The van der Waals surface area contributed by atoms with Crippen LogP contribution < -0.4 is 15.8 Å². The summed E-state index contributed by atoms with van der Waals surface area (Å²) in [7, 11) is -3.83. The summed E-state index contributed by atoms with van der Waals surface area (Å²) in [4.78, 5) is 28.1. The van der Waals surface area contributed by atoms with Crippen LogP contribution in [0.2, 0.25) is 0 Å². The lowest BCUT2D eigenvalue weighted by molar-refractivity contribution is -0.120. The van der Waals surface area contributed by atoms with E-state index in [1.807, 2.05) is 63.2 Å². The topological polar surface area (TPSA) is 140 Å². The zero-order valence-corrected chi connectivity index (χ0v) is 27.3. The number of benzene rings is 2. The summed E-state index contributed by atoms with van der Waals surface area (Å²) in [5, 5.41) is 4.00. The number of hydrogen-bond acceptors (Lipinski definition) is 7. The summed E-state index contributed by atoms with van der Waals surface area (Å²) in [5.74, 6) is 0.300. The van der Waals surface area contributed by atoms with Gasteiger partial charge in [-0.1, -0.05) is 61.7 Å². The fourth-order valence-electron chi connectivity index (χ4n) is 4.79. The first-order valence-corrected chi connectivity index (χ1v) is 16.9. The van der Waals surface area contributed by atoms with E-state index in [2.05, 4.69) is 25.5 Å². The maximum absolute atomic E-state index is 13.5. The van der Waals surface area contributed by atoms with Crippen LogP contribution in [0.1, 0.15) is 88.8 Å². The van der Waals surface area contributed by atoms with Crippen molar-refractivity contribution in [3.8, 4) is 10.4 Å². The summed E-state index contributed by atoms with van der Waals surface area (Å²) in [6.45, 7) is 9.37. The third-order valence-corrected chi connectivity index (χ3v) is 9.56. The van der Waals surface area contributed by atoms with E-state index in [1.165, 1.54) is 19.3 Å². The molecule has 4 N–H and O–H groups in total. The van der Waals surface area contributed by atoms with Gasteiger partial charge in [-0.3, -0.25) is 4.79 Å². The Labute approximate surface area is 259 Å². The van der Waals surface area contributed by atoms with Crippen molar-refractivity contribution in [2.75, 3.05) is 0 Å². The zero-order chi connectivity index (χ0) is 31.6. The summed E-state index contributed by atoms with van der Waals surface area (Å²) >= 11 is 1.58. The number of rotatable bonds is 9. The van der Waals surface area contributed by atoms with Crippen molar-refractivity contribution in [2.24, 2.45) is 5.73 Å². The summed E-state index contributed by atoms with van der Waals surface area (Å²) in [5.41, 5.74) is 6.28. The molecule has 0 atom stereocenters. The standard InChI is InChI=1S/C28H35N3O3S2.C4H9NO2/c1-28(2,3)31-36(33,34)25-16-21(17-26(32)29-18-20-10-6-4-7-11-20)14-15-23(25)24-19-30-27(35-24)22-12-8-5-9-13-22;1-3(2)7-4(5)6/h4,6-7,10-11,14-16,19,22,31H,5,8-9,12-13,17-18H2,1-3H3,(H,29,32);3H,1-2H3,(H2,5,6). The Morgan fingerprint density at radius 1 is 1.05 bits per heavy atom. The van der Waals surface area contributed by atoms with E-state index in [1.54, 1.807) is 37.4 Å². The van der Waals surface area contributed by atoms with Gasteiger partial charge in [-0.25, -0.2) is 22.9 Å². The molecule has 1 heterocycles. The highest BCUT2D eigenvalue weighted by Crippen LogP contribution is 2.39. The number of aromatic nitrogens is 1. The predicted molar refractivity (Wildman–Crippen MR) is 171 cm³/mol. The van der Waals surface area contributed by atoms with Crippen LogP contribution in [0.15, 0.2) is 59.6 Å². The fraction of sp³-hybridized carbons (Fsp3) is 0.469. The normalized spacial score (nSPS) is 14.1. The highest BCUT2D eigenvalue weighted by molar-refractivity contribution is 7.89. The summed E-state index contributed by atoms with van der Waals surface area (Å²) in [6, 6.07) is 15.0. The lowest BCUT2D eigenvalue weighted by atomic mass is 9.90. The first-order valence-electron chi connectivity index (χ1n) is 14.6. The second-order valence-electron chi connectivity index (χ2n) is 12.0. The Bertz CT molecular complexity index is 1460. The molecule has 2 aromatic carbocycles. The lowest BCUT2D eigenvalue weighted by Crippen LogP contribution is -2.40. The molecule has 11 heteroatoms. The van der Waals surface area contributed by atoms with E-state index in [-0.39, 0.29) is 23.3 Å². The summed E-state index contributed by atoms with van der Waals surface area (Å²) < 4.78 is 34.1. The van der Waals surface area contributed by atoms with Gasteiger partial charge < -0.3 is 15.8 Å². The highest BCUT2D eigenvalue weighted by atomic mass is 32.2. The second kappa shape index (κ2) is 15.4. The number of thiazole rings is 1. The van der Waals surface area contributed by atoms with Crippen molar-refractivity contribution in [2.45, 2.75) is 102 Å².